The summed E-state index contributed by atoms with van der Waals surface area (Å²) in [6.07, 6.45) is 4.22. The average molecular weight is 1150 g/mol. The van der Waals surface area contributed by atoms with Crippen molar-refractivity contribution in [2.24, 2.45) is 0 Å². The number of nitrogens with zero attached hydrogens (tertiary/aromatic N) is 4. The smallest absolute Gasteiger partial charge is 0.135 e. The molecule has 0 saturated heterocycles. The minimum atomic E-state index is -0.358. The first-order chi connectivity index (χ1) is 34.6. The van der Waals surface area contributed by atoms with Crippen molar-refractivity contribution in [2.45, 2.75) is 117 Å². The van der Waals surface area contributed by atoms with E-state index in [2.05, 4.69) is 287 Å². The number of aromatic nitrogens is 2. The Labute approximate surface area is 455 Å². The Bertz CT molecular complexity index is 3480. The van der Waals surface area contributed by atoms with Crippen molar-refractivity contribution in [3.8, 4) is 28.4 Å². The van der Waals surface area contributed by atoms with Gasteiger partial charge >= 0.3 is 0 Å². The number of hydrogen-bond donors (Lipinski definition) is 0. The number of fused-ring (bicyclic) bond motifs is 3. The van der Waals surface area contributed by atoms with Crippen molar-refractivity contribution in [1.29, 1.82) is 0 Å². The van der Waals surface area contributed by atoms with E-state index in [4.69, 9.17) is 9.72 Å². The van der Waals surface area contributed by atoms with Crippen LogP contribution >= 0.6 is 0 Å². The van der Waals surface area contributed by atoms with Crippen molar-refractivity contribution >= 4 is 33.2 Å². The van der Waals surface area contributed by atoms with E-state index in [9.17, 15) is 0 Å². The van der Waals surface area contributed by atoms with Crippen LogP contribution in [-0.2, 0) is 48.1 Å². The Kier molecular flexibility index (Phi) is 13.8. The first-order valence-electron chi connectivity index (χ1n) is 25.8. The number of hydrogen-bond acceptors (Lipinski definition) is 4. The topological polar surface area (TPSA) is 33.5 Å². The van der Waals surface area contributed by atoms with Crippen LogP contribution in [0, 0.1) is 18.8 Å². The Balaban J connectivity index is 0.00000672. The van der Waals surface area contributed by atoms with E-state index in [-0.39, 0.29) is 48.1 Å². The molecule has 0 fully saturated rings. The Morgan fingerprint density at radius 2 is 1.05 bits per heavy atom. The molecule has 2 aromatic heterocycles. The van der Waals surface area contributed by atoms with E-state index in [1.165, 1.54) is 33.4 Å². The standard InChI is InChI=1S/C68H69N4O.Pt/c1-64(2,3)51-36-52(65(4,5)6)39-55(38-51)71-45-70(44-62(71)68(12,13)49-27-21-16-22-28-49)54-37-53(66(7,8)9)40-57(42-54)73-56-30-31-58-59-35-47(46-23-17-14-18-24-46)29-32-60(59)72(61(58)43-56)63-41-50(33-34-69-63)67(10,11)48-25-19-15-20-26-48;/h14-41,44-45H,1-13H3;/q-3;. The molecule has 6 heteroatoms. The SMILES string of the molecule is CC(C)(C)c1cc(Oc2[c-]c3c(cc2)c2cc(-c4ccccc4)ccc2n3-c2cc(C(C)(C)c3ccccc3)ccn2)[c-]c(N2C=C(C(C)(C)c3ccccc3)N(c3cc(C(C)(C)C)cc(C(C)(C)C)c3)[CH-]2)c1.[Pt]. The zero-order valence-corrected chi connectivity index (χ0v) is 47.6. The summed E-state index contributed by atoms with van der Waals surface area (Å²) in [5.41, 5.74) is 13.9. The summed E-state index contributed by atoms with van der Waals surface area (Å²) < 4.78 is 9.24. The Morgan fingerprint density at radius 1 is 0.473 bits per heavy atom. The largest absolute Gasteiger partial charge is 0.509 e. The summed E-state index contributed by atoms with van der Waals surface area (Å²) in [7, 11) is 0. The van der Waals surface area contributed by atoms with Gasteiger partial charge in [0.15, 0.2) is 0 Å². The molecule has 5 nitrogen and oxygen atoms in total. The summed E-state index contributed by atoms with van der Waals surface area (Å²) in [5.74, 6) is 2.03. The number of anilines is 2. The number of benzene rings is 7. The normalized spacial score (nSPS) is 13.6. The van der Waals surface area contributed by atoms with Gasteiger partial charge in [-0.15, -0.1) is 53.6 Å². The molecule has 0 unspecified atom stereocenters. The molecule has 0 spiro atoms. The third kappa shape index (κ3) is 10.1. The fourth-order valence-electron chi connectivity index (χ4n) is 10.1. The predicted octanol–water partition coefficient (Wildman–Crippen LogP) is 17.7. The van der Waals surface area contributed by atoms with Crippen LogP contribution < -0.4 is 14.5 Å². The summed E-state index contributed by atoms with van der Waals surface area (Å²) >= 11 is 0. The Hall–Kier alpha value is -6.68. The number of ether oxygens (including phenoxy) is 1. The zero-order chi connectivity index (χ0) is 51.7. The maximum Gasteiger partial charge on any atom is 0.135 e. The second kappa shape index (κ2) is 19.5. The molecule has 0 radical (unpaired) electrons. The molecule has 380 valence electrons. The van der Waals surface area contributed by atoms with Gasteiger partial charge in [0.2, 0.25) is 0 Å². The van der Waals surface area contributed by atoms with Gasteiger partial charge in [-0.2, -0.15) is 6.07 Å². The summed E-state index contributed by atoms with van der Waals surface area (Å²) in [6, 6.07) is 66.4. The molecular formula is C68H69N4OPt-3. The molecule has 9 aromatic rings. The molecule has 1 aliphatic heterocycles. The van der Waals surface area contributed by atoms with Crippen LogP contribution in [0.2, 0.25) is 0 Å². The van der Waals surface area contributed by atoms with Crippen LogP contribution in [0.4, 0.5) is 11.4 Å². The molecule has 0 bridgehead atoms. The minimum absolute atomic E-state index is 0. The summed E-state index contributed by atoms with van der Waals surface area (Å²) in [6.45, 7) is 32.0. The quantitative estimate of drug-likeness (QED) is 0.128. The maximum absolute atomic E-state index is 7.00. The fourth-order valence-corrected chi connectivity index (χ4v) is 10.1. The number of rotatable bonds is 10. The average Bonchev–Trinajstić information content (AvgIpc) is 3.97. The molecule has 3 heterocycles. The third-order valence-electron chi connectivity index (χ3n) is 15.0. The van der Waals surface area contributed by atoms with Crippen molar-refractivity contribution in [1.82, 2.24) is 9.55 Å². The maximum atomic E-state index is 7.00. The van der Waals surface area contributed by atoms with Crippen LogP contribution in [0.25, 0.3) is 38.8 Å². The van der Waals surface area contributed by atoms with Gasteiger partial charge in [-0.3, -0.25) is 0 Å². The van der Waals surface area contributed by atoms with Crippen LogP contribution in [-0.4, -0.2) is 9.55 Å². The molecule has 7 aromatic carbocycles. The molecule has 0 saturated carbocycles. The van der Waals surface area contributed by atoms with E-state index < -0.39 is 0 Å². The van der Waals surface area contributed by atoms with Gasteiger partial charge in [-0.05, 0) is 97.1 Å². The molecule has 0 amide bonds. The van der Waals surface area contributed by atoms with E-state index in [0.717, 1.165) is 55.8 Å². The zero-order valence-electron chi connectivity index (χ0n) is 45.3. The van der Waals surface area contributed by atoms with Crippen molar-refractivity contribution in [3.05, 3.63) is 234 Å². The van der Waals surface area contributed by atoms with E-state index >= 15 is 0 Å². The molecule has 0 atom stereocenters. The van der Waals surface area contributed by atoms with E-state index in [1.807, 2.05) is 12.3 Å². The van der Waals surface area contributed by atoms with Gasteiger partial charge in [0, 0.05) is 66.5 Å². The first kappa shape index (κ1) is 52.2. The fraction of sp³-hybridized carbons (Fsp3) is 0.265. The van der Waals surface area contributed by atoms with Gasteiger partial charge in [0.1, 0.15) is 5.82 Å². The molecule has 0 N–H and O–H groups in total. The van der Waals surface area contributed by atoms with Crippen molar-refractivity contribution in [2.75, 3.05) is 9.80 Å². The molecule has 0 aliphatic carbocycles. The van der Waals surface area contributed by atoms with Crippen LogP contribution in [0.5, 0.6) is 11.5 Å². The van der Waals surface area contributed by atoms with Crippen LogP contribution in [0.1, 0.15) is 123 Å². The van der Waals surface area contributed by atoms with Crippen molar-refractivity contribution < 1.29 is 25.8 Å². The van der Waals surface area contributed by atoms with Crippen molar-refractivity contribution in [3.63, 3.8) is 0 Å². The third-order valence-corrected chi connectivity index (χ3v) is 15.0. The Morgan fingerprint density at radius 3 is 1.66 bits per heavy atom. The van der Waals surface area contributed by atoms with Gasteiger partial charge in [-0.1, -0.05) is 205 Å². The molecule has 74 heavy (non-hydrogen) atoms. The van der Waals surface area contributed by atoms with Crippen LogP contribution in [0.15, 0.2) is 182 Å². The monoisotopic (exact) mass is 1150 g/mol. The second-order valence-corrected chi connectivity index (χ2v) is 24.0. The van der Waals surface area contributed by atoms with Crippen LogP contribution in [0.3, 0.4) is 0 Å². The number of pyridine rings is 1. The van der Waals surface area contributed by atoms with E-state index in [0.29, 0.717) is 11.5 Å². The molecule has 1 aliphatic rings. The van der Waals surface area contributed by atoms with Gasteiger partial charge in [-0.25, -0.2) is 4.98 Å². The minimum Gasteiger partial charge on any atom is -0.509 e. The first-order valence-corrected chi connectivity index (χ1v) is 25.8. The summed E-state index contributed by atoms with van der Waals surface area (Å²) in [5, 5.41) is 2.19. The van der Waals surface area contributed by atoms with Gasteiger partial charge < -0.3 is 19.1 Å². The second-order valence-electron chi connectivity index (χ2n) is 24.0. The molecule has 10 rings (SSSR count). The predicted molar refractivity (Wildman–Crippen MR) is 306 cm³/mol. The number of allylic oxidation sites excluding steroid dienone is 1. The van der Waals surface area contributed by atoms with E-state index in [1.54, 1.807) is 0 Å². The summed E-state index contributed by atoms with van der Waals surface area (Å²) in [4.78, 5) is 9.68. The van der Waals surface area contributed by atoms with Gasteiger partial charge in [0.05, 0.1) is 0 Å². The van der Waals surface area contributed by atoms with Gasteiger partial charge in [0.25, 0.3) is 0 Å². The molecular weight excluding hydrogens is 1080 g/mol.